The van der Waals surface area contributed by atoms with Crippen LogP contribution in [-0.2, 0) is 38.1 Å². The first-order valence-electron chi connectivity index (χ1n) is 7.39. The molecular formula is C16H22O8. The molecule has 0 N–H and O–H groups in total. The molecule has 0 bridgehead atoms. The maximum atomic E-state index is 11.2. The summed E-state index contributed by atoms with van der Waals surface area (Å²) in [5.41, 5.74) is 0. The van der Waals surface area contributed by atoms with Crippen LogP contribution in [0, 0.1) is 0 Å². The maximum absolute atomic E-state index is 11.2. The molecule has 0 unspecified atom stereocenters. The molecular weight excluding hydrogens is 320 g/mol. The van der Waals surface area contributed by atoms with E-state index in [1.54, 1.807) is 0 Å². The zero-order valence-corrected chi connectivity index (χ0v) is 13.5. The van der Waals surface area contributed by atoms with Crippen molar-refractivity contribution in [3.05, 3.63) is 25.3 Å². The van der Waals surface area contributed by atoms with Crippen LogP contribution in [0.3, 0.4) is 0 Å². The van der Waals surface area contributed by atoms with Crippen LogP contribution < -0.4 is 0 Å². The number of hydrogen-bond donors (Lipinski definition) is 0. The molecule has 0 saturated carbocycles. The summed E-state index contributed by atoms with van der Waals surface area (Å²) < 4.78 is 18.7. The molecule has 0 rings (SSSR count). The van der Waals surface area contributed by atoms with Gasteiger partial charge in [0.25, 0.3) is 0 Å². The topological polar surface area (TPSA) is 105 Å². The largest absolute Gasteiger partial charge is 0.463 e. The first kappa shape index (κ1) is 21.4. The zero-order valence-electron chi connectivity index (χ0n) is 13.5. The quantitative estimate of drug-likeness (QED) is 0.212. The molecule has 0 heterocycles. The first-order valence-corrected chi connectivity index (χ1v) is 7.39. The molecule has 0 atom stereocenters. The van der Waals surface area contributed by atoms with Crippen molar-refractivity contribution in [1.29, 1.82) is 0 Å². The molecule has 0 saturated heterocycles. The predicted octanol–water partition coefficient (Wildman–Crippen LogP) is 1.09. The number of ether oxygens (including phenoxy) is 4. The highest BCUT2D eigenvalue weighted by molar-refractivity contribution is 5.84. The lowest BCUT2D eigenvalue weighted by Gasteiger charge is -2.06. The SMILES string of the molecule is C=CC(=O)OCC(=O)OCCCCCCOC(=O)COC(=O)C=C. The van der Waals surface area contributed by atoms with Crippen LogP contribution in [0.25, 0.3) is 0 Å². The Balaban J connectivity index is 3.41. The summed E-state index contributed by atoms with van der Waals surface area (Å²) >= 11 is 0. The van der Waals surface area contributed by atoms with Crippen molar-refractivity contribution in [1.82, 2.24) is 0 Å². The summed E-state index contributed by atoms with van der Waals surface area (Å²) in [5.74, 6) is -2.59. The standard InChI is InChI=1S/C16H22O8/c1-3-13(17)23-11-15(19)21-9-7-5-6-8-10-22-16(20)12-24-14(18)4-2/h3-4H,1-2,5-12H2. The van der Waals surface area contributed by atoms with Crippen molar-refractivity contribution in [2.45, 2.75) is 25.7 Å². The number of carbonyl (C=O) groups excluding carboxylic acids is 4. The zero-order chi connectivity index (χ0) is 18.2. The van der Waals surface area contributed by atoms with E-state index < -0.39 is 37.1 Å². The third-order valence-corrected chi connectivity index (χ3v) is 2.56. The number of hydrogen-bond acceptors (Lipinski definition) is 8. The second kappa shape index (κ2) is 14.0. The van der Waals surface area contributed by atoms with E-state index in [2.05, 4.69) is 22.6 Å². The lowest BCUT2D eigenvalue weighted by molar-refractivity contribution is -0.156. The Morgan fingerprint density at radius 3 is 1.33 bits per heavy atom. The fourth-order valence-electron chi connectivity index (χ4n) is 1.39. The molecule has 0 aromatic carbocycles. The normalized spacial score (nSPS) is 9.50. The third kappa shape index (κ3) is 13.1. The Bertz CT molecular complexity index is 413. The third-order valence-electron chi connectivity index (χ3n) is 2.56. The van der Waals surface area contributed by atoms with Gasteiger partial charge in [-0.1, -0.05) is 13.2 Å². The Morgan fingerprint density at radius 2 is 1.00 bits per heavy atom. The van der Waals surface area contributed by atoms with E-state index in [0.717, 1.165) is 25.0 Å². The maximum Gasteiger partial charge on any atom is 0.344 e. The summed E-state index contributed by atoms with van der Waals surface area (Å²) in [6.45, 7) is 5.98. The van der Waals surface area contributed by atoms with Crippen molar-refractivity contribution >= 4 is 23.9 Å². The highest BCUT2D eigenvalue weighted by Gasteiger charge is 2.06. The van der Waals surface area contributed by atoms with Gasteiger partial charge >= 0.3 is 23.9 Å². The molecule has 0 fully saturated rings. The van der Waals surface area contributed by atoms with Crippen molar-refractivity contribution in [2.24, 2.45) is 0 Å². The van der Waals surface area contributed by atoms with E-state index in [4.69, 9.17) is 9.47 Å². The Labute approximate surface area is 140 Å². The summed E-state index contributed by atoms with van der Waals surface area (Å²) in [4.78, 5) is 43.8. The van der Waals surface area contributed by atoms with E-state index >= 15 is 0 Å². The fraction of sp³-hybridized carbons (Fsp3) is 0.500. The van der Waals surface area contributed by atoms with Crippen LogP contribution >= 0.6 is 0 Å². The van der Waals surface area contributed by atoms with Crippen LogP contribution in [0.15, 0.2) is 25.3 Å². The second-order valence-electron chi connectivity index (χ2n) is 4.48. The highest BCUT2D eigenvalue weighted by Crippen LogP contribution is 2.01. The molecule has 0 aromatic rings. The molecule has 0 amide bonds. The average molecular weight is 342 g/mol. The van der Waals surface area contributed by atoms with Gasteiger partial charge in [-0.05, 0) is 25.7 Å². The van der Waals surface area contributed by atoms with Crippen LogP contribution in [0.5, 0.6) is 0 Å². The van der Waals surface area contributed by atoms with Crippen molar-refractivity contribution in [3.63, 3.8) is 0 Å². The average Bonchev–Trinajstić information content (AvgIpc) is 2.59. The van der Waals surface area contributed by atoms with Crippen molar-refractivity contribution in [3.8, 4) is 0 Å². The number of unbranched alkanes of at least 4 members (excludes halogenated alkanes) is 3. The van der Waals surface area contributed by atoms with Gasteiger partial charge in [0.15, 0.2) is 13.2 Å². The van der Waals surface area contributed by atoms with Gasteiger partial charge in [0.2, 0.25) is 0 Å². The number of esters is 4. The lowest BCUT2D eigenvalue weighted by Crippen LogP contribution is -2.16. The highest BCUT2D eigenvalue weighted by atomic mass is 16.6. The van der Waals surface area contributed by atoms with E-state index in [0.29, 0.717) is 12.8 Å². The predicted molar refractivity (Wildman–Crippen MR) is 82.7 cm³/mol. The van der Waals surface area contributed by atoms with E-state index in [9.17, 15) is 19.2 Å². The summed E-state index contributed by atoms with van der Waals surface area (Å²) in [6.07, 6.45) is 4.77. The molecule has 0 aliphatic heterocycles. The summed E-state index contributed by atoms with van der Waals surface area (Å²) in [6, 6.07) is 0. The first-order chi connectivity index (χ1) is 11.5. The molecule has 0 aliphatic rings. The molecule has 8 heteroatoms. The van der Waals surface area contributed by atoms with Crippen LogP contribution in [0.2, 0.25) is 0 Å². The van der Waals surface area contributed by atoms with Gasteiger partial charge in [0.1, 0.15) is 0 Å². The Hall–Kier alpha value is -2.64. The van der Waals surface area contributed by atoms with E-state index in [-0.39, 0.29) is 13.2 Å². The molecule has 0 spiro atoms. The second-order valence-corrected chi connectivity index (χ2v) is 4.48. The molecule has 134 valence electrons. The van der Waals surface area contributed by atoms with Crippen LogP contribution in [0.1, 0.15) is 25.7 Å². The monoisotopic (exact) mass is 342 g/mol. The van der Waals surface area contributed by atoms with Gasteiger partial charge in [-0.2, -0.15) is 0 Å². The summed E-state index contributed by atoms with van der Waals surface area (Å²) in [7, 11) is 0. The van der Waals surface area contributed by atoms with Crippen molar-refractivity contribution < 1.29 is 38.1 Å². The van der Waals surface area contributed by atoms with Crippen LogP contribution in [0.4, 0.5) is 0 Å². The molecule has 0 radical (unpaired) electrons. The smallest absolute Gasteiger partial charge is 0.344 e. The van der Waals surface area contributed by atoms with Crippen molar-refractivity contribution in [2.75, 3.05) is 26.4 Å². The van der Waals surface area contributed by atoms with E-state index in [1.165, 1.54) is 0 Å². The molecule has 8 nitrogen and oxygen atoms in total. The van der Waals surface area contributed by atoms with Gasteiger partial charge in [0, 0.05) is 12.2 Å². The summed E-state index contributed by atoms with van der Waals surface area (Å²) in [5, 5.41) is 0. The Kier molecular flexibility index (Phi) is 12.4. The lowest BCUT2D eigenvalue weighted by atomic mass is 10.2. The number of carbonyl (C=O) groups is 4. The van der Waals surface area contributed by atoms with Gasteiger partial charge in [0.05, 0.1) is 13.2 Å². The Morgan fingerprint density at radius 1 is 0.625 bits per heavy atom. The molecule has 24 heavy (non-hydrogen) atoms. The number of rotatable bonds is 13. The minimum absolute atomic E-state index is 0.224. The fourth-order valence-corrected chi connectivity index (χ4v) is 1.39. The van der Waals surface area contributed by atoms with Crippen LogP contribution in [-0.4, -0.2) is 50.3 Å². The van der Waals surface area contributed by atoms with Gasteiger partial charge in [-0.3, -0.25) is 0 Å². The van der Waals surface area contributed by atoms with E-state index in [1.807, 2.05) is 0 Å². The molecule has 0 aromatic heterocycles. The van der Waals surface area contributed by atoms with Gasteiger partial charge < -0.3 is 18.9 Å². The minimum atomic E-state index is -0.680. The molecule has 0 aliphatic carbocycles. The minimum Gasteiger partial charge on any atom is -0.463 e. The van der Waals surface area contributed by atoms with Gasteiger partial charge in [-0.25, -0.2) is 19.2 Å². The van der Waals surface area contributed by atoms with Gasteiger partial charge in [-0.15, -0.1) is 0 Å².